The lowest BCUT2D eigenvalue weighted by Gasteiger charge is -2.23. The zero-order valence-electron chi connectivity index (χ0n) is 12.1. The molecule has 5 heteroatoms. The van der Waals surface area contributed by atoms with Gasteiger partial charge in [0.15, 0.2) is 11.8 Å². The van der Waals surface area contributed by atoms with E-state index in [4.69, 9.17) is 9.57 Å². The van der Waals surface area contributed by atoms with E-state index in [1.807, 2.05) is 27.7 Å². The van der Waals surface area contributed by atoms with Crippen LogP contribution in [-0.4, -0.2) is 30.2 Å². The molecule has 0 radical (unpaired) electrons. The maximum Gasteiger partial charge on any atom is 0.360 e. The Morgan fingerprint density at radius 1 is 1.42 bits per heavy atom. The first-order valence-corrected chi connectivity index (χ1v) is 6.38. The minimum absolute atomic E-state index is 0.0973. The number of hydrogen-bond acceptors (Lipinski definition) is 5. The lowest BCUT2D eigenvalue weighted by molar-refractivity contribution is -0.135. The van der Waals surface area contributed by atoms with E-state index < -0.39 is 17.5 Å². The minimum Gasteiger partial charge on any atom is -0.461 e. The number of oxime groups is 1. The van der Waals surface area contributed by atoms with E-state index in [1.165, 1.54) is 0 Å². The van der Waals surface area contributed by atoms with Crippen LogP contribution in [0.2, 0.25) is 0 Å². The predicted molar refractivity (Wildman–Crippen MR) is 71.8 cm³/mol. The van der Waals surface area contributed by atoms with Gasteiger partial charge < -0.3 is 9.57 Å². The fraction of sp³-hybridized carbons (Fsp3) is 0.643. The van der Waals surface area contributed by atoms with Crippen molar-refractivity contribution in [3.63, 3.8) is 0 Å². The first kappa shape index (κ1) is 15.4. The summed E-state index contributed by atoms with van der Waals surface area (Å²) < 4.78 is 4.84. The molecule has 0 aromatic rings. The molecule has 0 saturated heterocycles. The molecule has 0 spiro atoms. The van der Waals surface area contributed by atoms with Crippen LogP contribution >= 0.6 is 0 Å². The molecule has 1 aliphatic heterocycles. The Labute approximate surface area is 113 Å². The third-order valence-electron chi connectivity index (χ3n) is 2.84. The first-order chi connectivity index (χ1) is 8.75. The third-order valence-corrected chi connectivity index (χ3v) is 2.84. The summed E-state index contributed by atoms with van der Waals surface area (Å²) in [6.45, 7) is 9.42. The van der Waals surface area contributed by atoms with Crippen LogP contribution < -0.4 is 0 Å². The highest BCUT2D eigenvalue weighted by atomic mass is 16.6. The van der Waals surface area contributed by atoms with Gasteiger partial charge in [-0.05, 0) is 25.5 Å². The van der Waals surface area contributed by atoms with Gasteiger partial charge in [-0.15, -0.1) is 0 Å². The van der Waals surface area contributed by atoms with Crippen molar-refractivity contribution in [3.05, 3.63) is 11.6 Å². The van der Waals surface area contributed by atoms with E-state index in [9.17, 15) is 9.59 Å². The Balaban J connectivity index is 2.69. The molecule has 1 unspecified atom stereocenters. The number of ether oxygens (including phenoxy) is 1. The summed E-state index contributed by atoms with van der Waals surface area (Å²) in [4.78, 5) is 28.7. The number of hydrogen-bond donors (Lipinski definition) is 0. The van der Waals surface area contributed by atoms with E-state index in [1.54, 1.807) is 13.0 Å². The number of Topliss-reactive ketones (excluding diaryl/α,β-unsaturated/α-hetero) is 1. The Morgan fingerprint density at radius 3 is 2.53 bits per heavy atom. The number of nitrogens with zero attached hydrogens (tertiary/aromatic N) is 1. The Hall–Kier alpha value is -1.65. The van der Waals surface area contributed by atoms with Crippen molar-refractivity contribution < 1.29 is 19.2 Å². The molecule has 1 atom stereocenters. The lowest BCUT2D eigenvalue weighted by Crippen LogP contribution is -2.30. The van der Waals surface area contributed by atoms with Crippen molar-refractivity contribution in [2.75, 3.05) is 6.61 Å². The summed E-state index contributed by atoms with van der Waals surface area (Å²) in [7, 11) is 0. The van der Waals surface area contributed by atoms with Gasteiger partial charge in [-0.2, -0.15) is 0 Å². The van der Waals surface area contributed by atoms with Gasteiger partial charge in [0.25, 0.3) is 0 Å². The molecule has 0 aromatic carbocycles. The van der Waals surface area contributed by atoms with E-state index in [0.717, 1.165) is 5.57 Å². The van der Waals surface area contributed by atoms with Crippen molar-refractivity contribution >= 4 is 17.5 Å². The zero-order chi connectivity index (χ0) is 14.6. The van der Waals surface area contributed by atoms with Crippen molar-refractivity contribution in [1.29, 1.82) is 0 Å². The maximum absolute atomic E-state index is 11.9. The van der Waals surface area contributed by atoms with Crippen LogP contribution in [0.3, 0.4) is 0 Å². The Morgan fingerprint density at radius 2 is 2.05 bits per heavy atom. The maximum atomic E-state index is 11.9. The molecule has 0 amide bonds. The summed E-state index contributed by atoms with van der Waals surface area (Å²) in [5, 5.41) is 3.73. The Bertz CT molecular complexity index is 429. The van der Waals surface area contributed by atoms with E-state index in [0.29, 0.717) is 0 Å². The van der Waals surface area contributed by atoms with Crippen molar-refractivity contribution in [2.24, 2.45) is 10.6 Å². The number of rotatable bonds is 4. The largest absolute Gasteiger partial charge is 0.461 e. The summed E-state index contributed by atoms with van der Waals surface area (Å²) in [5.41, 5.74) is 0.531. The first-order valence-electron chi connectivity index (χ1n) is 6.38. The fourth-order valence-corrected chi connectivity index (χ4v) is 1.51. The molecule has 0 bridgehead atoms. The molecule has 0 saturated carbocycles. The fourth-order valence-electron chi connectivity index (χ4n) is 1.51. The van der Waals surface area contributed by atoms with Gasteiger partial charge in [0.1, 0.15) is 5.78 Å². The predicted octanol–water partition coefficient (Wildman–Crippen LogP) is 2.26. The molecule has 1 rings (SSSR count). The average Bonchev–Trinajstić information content (AvgIpc) is 2.30. The van der Waals surface area contributed by atoms with Crippen molar-refractivity contribution in [1.82, 2.24) is 0 Å². The SMILES string of the molecule is CCOC(=O)C1=NOC(CC(=O)C(C)(C)C)C(C)=C1. The summed E-state index contributed by atoms with van der Waals surface area (Å²) in [6, 6.07) is 0. The van der Waals surface area contributed by atoms with Crippen LogP contribution in [-0.2, 0) is 19.2 Å². The molecule has 0 aliphatic carbocycles. The van der Waals surface area contributed by atoms with Gasteiger partial charge >= 0.3 is 5.97 Å². The highest BCUT2D eigenvalue weighted by Gasteiger charge is 2.29. The molecule has 0 aromatic heterocycles. The molecule has 1 heterocycles. The molecule has 0 N–H and O–H groups in total. The van der Waals surface area contributed by atoms with Gasteiger partial charge in [0, 0.05) is 5.41 Å². The van der Waals surface area contributed by atoms with Gasteiger partial charge in [0.2, 0.25) is 0 Å². The monoisotopic (exact) mass is 267 g/mol. The molecule has 5 nitrogen and oxygen atoms in total. The van der Waals surface area contributed by atoms with E-state index in [-0.39, 0.29) is 24.5 Å². The van der Waals surface area contributed by atoms with Gasteiger partial charge in [-0.1, -0.05) is 25.9 Å². The molecule has 106 valence electrons. The van der Waals surface area contributed by atoms with E-state index >= 15 is 0 Å². The minimum atomic E-state index is -0.512. The molecule has 0 fully saturated rings. The highest BCUT2D eigenvalue weighted by Crippen LogP contribution is 2.23. The van der Waals surface area contributed by atoms with Crippen LogP contribution in [0.4, 0.5) is 0 Å². The zero-order valence-corrected chi connectivity index (χ0v) is 12.1. The topological polar surface area (TPSA) is 65.0 Å². The molecule has 19 heavy (non-hydrogen) atoms. The summed E-state index contributed by atoms with van der Waals surface area (Å²) in [6.07, 6.45) is 1.47. The molecular weight excluding hydrogens is 246 g/mol. The summed E-state index contributed by atoms with van der Waals surface area (Å²) in [5.74, 6) is -0.414. The van der Waals surface area contributed by atoms with Gasteiger partial charge in [-0.25, -0.2) is 4.79 Å². The van der Waals surface area contributed by atoms with Crippen LogP contribution in [0.5, 0.6) is 0 Å². The standard InChI is InChI=1S/C14H21NO4/c1-6-18-13(17)10-7-9(2)11(19-15-10)8-12(16)14(3,4)5/h7,11H,6,8H2,1-5H3. The molecular formula is C14H21NO4. The summed E-state index contributed by atoms with van der Waals surface area (Å²) >= 11 is 0. The number of esters is 1. The lowest BCUT2D eigenvalue weighted by atomic mass is 9.86. The van der Waals surface area contributed by atoms with Crippen molar-refractivity contribution in [3.8, 4) is 0 Å². The second-order valence-corrected chi connectivity index (χ2v) is 5.56. The van der Waals surface area contributed by atoms with Gasteiger partial charge in [0.05, 0.1) is 13.0 Å². The van der Waals surface area contributed by atoms with Crippen molar-refractivity contribution in [2.45, 2.75) is 47.1 Å². The number of ketones is 1. The second-order valence-electron chi connectivity index (χ2n) is 5.56. The molecule has 1 aliphatic rings. The normalized spacial score (nSPS) is 19.1. The van der Waals surface area contributed by atoms with Crippen LogP contribution in [0, 0.1) is 5.41 Å². The van der Waals surface area contributed by atoms with Crippen LogP contribution in [0.1, 0.15) is 41.0 Å². The average molecular weight is 267 g/mol. The second kappa shape index (κ2) is 5.99. The van der Waals surface area contributed by atoms with Crippen LogP contribution in [0.15, 0.2) is 16.8 Å². The van der Waals surface area contributed by atoms with Gasteiger partial charge in [-0.3, -0.25) is 4.79 Å². The smallest absolute Gasteiger partial charge is 0.360 e. The number of carbonyl (C=O) groups excluding carboxylic acids is 2. The van der Waals surface area contributed by atoms with Crippen LogP contribution in [0.25, 0.3) is 0 Å². The quantitative estimate of drug-likeness (QED) is 0.733. The third kappa shape index (κ3) is 4.19. The van der Waals surface area contributed by atoms with E-state index in [2.05, 4.69) is 5.16 Å². The highest BCUT2D eigenvalue weighted by molar-refractivity contribution is 6.41. The number of carbonyl (C=O) groups is 2. The Kier molecular flexibility index (Phi) is 4.86.